The number of benzene rings is 1. The third kappa shape index (κ3) is 2.35. The maximum absolute atomic E-state index is 13.0. The summed E-state index contributed by atoms with van der Waals surface area (Å²) >= 11 is 0. The predicted molar refractivity (Wildman–Crippen MR) is 71.2 cm³/mol. The Hall–Kier alpha value is -1.13. The van der Waals surface area contributed by atoms with Gasteiger partial charge < -0.3 is 15.4 Å². The molecule has 1 saturated heterocycles. The molecule has 1 aliphatic rings. The molecule has 2 N–H and O–H groups in total. The van der Waals surface area contributed by atoms with Gasteiger partial charge in [0.15, 0.2) is 0 Å². The van der Waals surface area contributed by atoms with Crippen molar-refractivity contribution in [3.8, 4) is 0 Å². The molecule has 2 rings (SSSR count). The van der Waals surface area contributed by atoms with E-state index in [-0.39, 0.29) is 11.4 Å². The Bertz CT molecular complexity index is 389. The van der Waals surface area contributed by atoms with E-state index >= 15 is 0 Å². The summed E-state index contributed by atoms with van der Waals surface area (Å²) in [5.41, 5.74) is 6.81. The van der Waals surface area contributed by atoms with Gasteiger partial charge in [0, 0.05) is 31.8 Å². The van der Waals surface area contributed by atoms with Gasteiger partial charge in [0.1, 0.15) is 5.82 Å². The second-order valence-electron chi connectivity index (χ2n) is 5.16. The van der Waals surface area contributed by atoms with Gasteiger partial charge in [-0.3, -0.25) is 0 Å². The van der Waals surface area contributed by atoms with Crippen LogP contribution in [0.25, 0.3) is 0 Å². The highest BCUT2D eigenvalue weighted by atomic mass is 19.1. The van der Waals surface area contributed by atoms with E-state index in [1.54, 1.807) is 12.1 Å². The van der Waals surface area contributed by atoms with Crippen molar-refractivity contribution in [2.45, 2.75) is 18.9 Å². The monoisotopic (exact) mass is 252 g/mol. The van der Waals surface area contributed by atoms with E-state index in [0.717, 1.165) is 25.3 Å². The smallest absolute Gasteiger partial charge is 0.123 e. The van der Waals surface area contributed by atoms with Crippen LogP contribution in [0.3, 0.4) is 0 Å². The van der Waals surface area contributed by atoms with Crippen LogP contribution in [0.5, 0.6) is 0 Å². The fourth-order valence-corrected chi connectivity index (χ4v) is 2.56. The first-order valence-corrected chi connectivity index (χ1v) is 6.35. The Morgan fingerprint density at radius 3 is 2.61 bits per heavy atom. The lowest BCUT2D eigenvalue weighted by molar-refractivity contribution is 0.166. The molecule has 0 saturated carbocycles. The van der Waals surface area contributed by atoms with Crippen molar-refractivity contribution in [3.05, 3.63) is 30.1 Å². The molecule has 0 spiro atoms. The molecular weight excluding hydrogens is 231 g/mol. The number of anilines is 1. The molecule has 0 aliphatic carbocycles. The van der Waals surface area contributed by atoms with Gasteiger partial charge >= 0.3 is 0 Å². The topological polar surface area (TPSA) is 38.5 Å². The zero-order valence-corrected chi connectivity index (χ0v) is 11.0. The Kier molecular flexibility index (Phi) is 3.88. The average molecular weight is 252 g/mol. The van der Waals surface area contributed by atoms with Crippen LogP contribution >= 0.6 is 0 Å². The largest absolute Gasteiger partial charge is 0.381 e. The fourth-order valence-electron chi connectivity index (χ4n) is 2.56. The first-order valence-electron chi connectivity index (χ1n) is 6.35. The highest BCUT2D eigenvalue weighted by Gasteiger charge is 2.39. The molecule has 0 aromatic heterocycles. The predicted octanol–water partition coefficient (Wildman–Crippen LogP) is 2.02. The summed E-state index contributed by atoms with van der Waals surface area (Å²) in [4.78, 5) is 2.14. The summed E-state index contributed by atoms with van der Waals surface area (Å²) < 4.78 is 18.4. The average Bonchev–Trinajstić information content (AvgIpc) is 2.92. The van der Waals surface area contributed by atoms with E-state index < -0.39 is 0 Å². The molecule has 0 bridgehead atoms. The summed E-state index contributed by atoms with van der Waals surface area (Å²) in [6, 6.07) is 6.54. The lowest BCUT2D eigenvalue weighted by Gasteiger charge is -2.43. The first-order chi connectivity index (χ1) is 8.58. The molecule has 2 atom stereocenters. The number of ether oxygens (including phenoxy) is 1. The van der Waals surface area contributed by atoms with E-state index in [4.69, 9.17) is 10.5 Å². The normalized spacial score (nSPS) is 22.8. The molecule has 1 aliphatic heterocycles. The number of likely N-dealkylation sites (N-methyl/N-ethyl adjacent to an activating group) is 1. The Morgan fingerprint density at radius 1 is 1.44 bits per heavy atom. The second kappa shape index (κ2) is 5.24. The highest BCUT2D eigenvalue weighted by molar-refractivity contribution is 5.48. The van der Waals surface area contributed by atoms with Gasteiger partial charge in [-0.2, -0.15) is 0 Å². The quantitative estimate of drug-likeness (QED) is 0.891. The Labute approximate surface area is 108 Å². The van der Waals surface area contributed by atoms with Crippen LogP contribution in [0.1, 0.15) is 13.3 Å². The summed E-state index contributed by atoms with van der Waals surface area (Å²) in [6.07, 6.45) is 1.03. The maximum atomic E-state index is 13.0. The van der Waals surface area contributed by atoms with Crippen LogP contribution < -0.4 is 10.6 Å². The van der Waals surface area contributed by atoms with Gasteiger partial charge in [-0.25, -0.2) is 4.39 Å². The zero-order valence-electron chi connectivity index (χ0n) is 11.0. The maximum Gasteiger partial charge on any atom is 0.123 e. The van der Waals surface area contributed by atoms with Crippen molar-refractivity contribution < 1.29 is 9.13 Å². The molecule has 4 heteroatoms. The minimum absolute atomic E-state index is 0.158. The number of hydrogen-bond acceptors (Lipinski definition) is 3. The lowest BCUT2D eigenvalue weighted by Crippen LogP contribution is -2.55. The van der Waals surface area contributed by atoms with Crippen LogP contribution in [-0.4, -0.2) is 32.3 Å². The molecule has 1 aromatic carbocycles. The molecule has 1 heterocycles. The number of nitrogens with two attached hydrogens (primary N) is 1. The Balaban J connectivity index is 2.23. The van der Waals surface area contributed by atoms with Crippen LogP contribution in [-0.2, 0) is 4.74 Å². The van der Waals surface area contributed by atoms with E-state index in [2.05, 4.69) is 11.8 Å². The third-order valence-corrected chi connectivity index (χ3v) is 4.20. The SMILES string of the molecule is CN(c1ccc(F)cc1)C(C)(CN)C1CCOC1. The highest BCUT2D eigenvalue weighted by Crippen LogP contribution is 2.33. The van der Waals surface area contributed by atoms with Gasteiger partial charge in [0.05, 0.1) is 12.1 Å². The summed E-state index contributed by atoms with van der Waals surface area (Å²) in [5.74, 6) is 0.198. The third-order valence-electron chi connectivity index (χ3n) is 4.20. The molecule has 1 aromatic rings. The van der Waals surface area contributed by atoms with E-state index in [9.17, 15) is 4.39 Å². The second-order valence-corrected chi connectivity index (χ2v) is 5.16. The lowest BCUT2D eigenvalue weighted by atomic mass is 9.83. The van der Waals surface area contributed by atoms with Gasteiger partial charge in [-0.05, 0) is 37.6 Å². The van der Waals surface area contributed by atoms with Crippen molar-refractivity contribution in [3.63, 3.8) is 0 Å². The molecule has 100 valence electrons. The number of nitrogens with zero attached hydrogens (tertiary/aromatic N) is 1. The summed E-state index contributed by atoms with van der Waals surface area (Å²) in [6.45, 7) is 4.25. The number of halogens is 1. The minimum Gasteiger partial charge on any atom is -0.381 e. The van der Waals surface area contributed by atoms with Crippen molar-refractivity contribution in [1.29, 1.82) is 0 Å². The van der Waals surface area contributed by atoms with E-state index in [1.165, 1.54) is 12.1 Å². The first kappa shape index (κ1) is 13.3. The van der Waals surface area contributed by atoms with Crippen LogP contribution in [0.4, 0.5) is 10.1 Å². The van der Waals surface area contributed by atoms with Crippen molar-refractivity contribution in [2.24, 2.45) is 11.7 Å². The van der Waals surface area contributed by atoms with Crippen LogP contribution in [0.15, 0.2) is 24.3 Å². The standard InChI is InChI=1S/C14H21FN2O/c1-14(10-16,11-7-8-18-9-11)17(2)13-5-3-12(15)4-6-13/h3-6,11H,7-10,16H2,1-2H3. The molecule has 0 amide bonds. The Morgan fingerprint density at radius 2 is 2.11 bits per heavy atom. The number of hydrogen-bond donors (Lipinski definition) is 1. The van der Waals surface area contributed by atoms with Gasteiger partial charge in [-0.1, -0.05) is 0 Å². The zero-order chi connectivity index (χ0) is 13.2. The van der Waals surface area contributed by atoms with E-state index in [1.807, 2.05) is 7.05 Å². The molecule has 1 fully saturated rings. The molecule has 18 heavy (non-hydrogen) atoms. The van der Waals surface area contributed by atoms with Gasteiger partial charge in [0.2, 0.25) is 0 Å². The molecular formula is C14H21FN2O. The van der Waals surface area contributed by atoms with Gasteiger partial charge in [-0.15, -0.1) is 0 Å². The van der Waals surface area contributed by atoms with Crippen molar-refractivity contribution in [2.75, 3.05) is 31.7 Å². The summed E-state index contributed by atoms with van der Waals surface area (Å²) in [7, 11) is 2.01. The van der Waals surface area contributed by atoms with Crippen LogP contribution in [0, 0.1) is 11.7 Å². The van der Waals surface area contributed by atoms with Crippen molar-refractivity contribution in [1.82, 2.24) is 0 Å². The molecule has 2 unspecified atom stereocenters. The summed E-state index contributed by atoms with van der Waals surface area (Å²) in [5, 5.41) is 0. The molecule has 0 radical (unpaired) electrons. The fraction of sp³-hybridized carbons (Fsp3) is 0.571. The minimum atomic E-state index is -0.217. The van der Waals surface area contributed by atoms with E-state index in [0.29, 0.717) is 12.5 Å². The van der Waals surface area contributed by atoms with Crippen molar-refractivity contribution >= 4 is 5.69 Å². The van der Waals surface area contributed by atoms with Gasteiger partial charge in [0.25, 0.3) is 0 Å². The van der Waals surface area contributed by atoms with Crippen LogP contribution in [0.2, 0.25) is 0 Å². The molecule has 3 nitrogen and oxygen atoms in total. The number of rotatable bonds is 4.